The molecule has 2 N–H and O–H groups in total. The Morgan fingerprint density at radius 1 is 1.39 bits per heavy atom. The smallest absolute Gasteiger partial charge is 0.273 e. The summed E-state index contributed by atoms with van der Waals surface area (Å²) in [4.78, 5) is 18.9. The average molecular weight is 352 g/mol. The molecule has 3 rings (SSSR count). The highest BCUT2D eigenvalue weighted by Gasteiger charge is 2.34. The molecule has 0 saturated carbocycles. The largest absolute Gasteiger partial charge is 0.334 e. The Balaban J connectivity index is 0.00000192. The summed E-state index contributed by atoms with van der Waals surface area (Å²) in [5.41, 5.74) is 7.46. The van der Waals surface area contributed by atoms with Crippen LogP contribution in [0.5, 0.6) is 0 Å². The third-order valence-electron chi connectivity index (χ3n) is 4.46. The lowest BCUT2D eigenvalue weighted by molar-refractivity contribution is 0.0727. The predicted molar refractivity (Wildman–Crippen MR) is 96.0 cm³/mol. The number of nitrogens with two attached hydrogens (primary N) is 1. The summed E-state index contributed by atoms with van der Waals surface area (Å²) in [6.07, 6.45) is 2.08. The van der Waals surface area contributed by atoms with E-state index in [-0.39, 0.29) is 24.4 Å². The zero-order valence-corrected chi connectivity index (χ0v) is 14.8. The zero-order chi connectivity index (χ0) is 15.5. The van der Waals surface area contributed by atoms with Crippen molar-refractivity contribution in [3.05, 3.63) is 52.0 Å². The minimum Gasteiger partial charge on any atom is -0.334 e. The highest BCUT2D eigenvalue weighted by atomic mass is 35.5. The molecule has 1 aromatic heterocycles. The van der Waals surface area contributed by atoms with Crippen LogP contribution in [-0.4, -0.2) is 28.4 Å². The number of amides is 1. The van der Waals surface area contributed by atoms with Crippen molar-refractivity contribution in [3.63, 3.8) is 0 Å². The van der Waals surface area contributed by atoms with Crippen molar-refractivity contribution in [2.24, 2.45) is 11.7 Å². The monoisotopic (exact) mass is 351 g/mol. The second kappa shape index (κ2) is 7.90. The predicted octanol–water partition coefficient (Wildman–Crippen LogP) is 3.12. The fourth-order valence-electron chi connectivity index (χ4n) is 3.13. The summed E-state index contributed by atoms with van der Waals surface area (Å²) in [6.45, 7) is 3.35. The number of halogens is 1. The van der Waals surface area contributed by atoms with Crippen LogP contribution in [0.1, 0.15) is 34.4 Å². The van der Waals surface area contributed by atoms with Crippen LogP contribution in [-0.2, 0) is 13.0 Å². The second-order valence-electron chi connectivity index (χ2n) is 5.81. The van der Waals surface area contributed by atoms with E-state index in [1.165, 1.54) is 16.9 Å². The van der Waals surface area contributed by atoms with Crippen LogP contribution in [0.3, 0.4) is 0 Å². The molecule has 0 radical (unpaired) electrons. The van der Waals surface area contributed by atoms with Gasteiger partial charge in [0.1, 0.15) is 10.7 Å². The summed E-state index contributed by atoms with van der Waals surface area (Å²) >= 11 is 1.46. The van der Waals surface area contributed by atoms with Gasteiger partial charge < -0.3 is 10.6 Å². The number of hydrogen-bond donors (Lipinski definition) is 1. The molecule has 1 amide bonds. The van der Waals surface area contributed by atoms with Gasteiger partial charge in [-0.2, -0.15) is 0 Å². The van der Waals surface area contributed by atoms with Crippen molar-refractivity contribution in [3.8, 4) is 0 Å². The molecule has 2 aromatic rings. The summed E-state index contributed by atoms with van der Waals surface area (Å²) < 4.78 is 0. The van der Waals surface area contributed by atoms with Gasteiger partial charge in [0.15, 0.2) is 0 Å². The molecule has 2 atom stereocenters. The lowest BCUT2D eigenvalue weighted by Crippen LogP contribution is -2.36. The highest BCUT2D eigenvalue weighted by molar-refractivity contribution is 7.09. The number of carbonyl (C=O) groups excluding carboxylic acids is 1. The summed E-state index contributed by atoms with van der Waals surface area (Å²) in [6, 6.07) is 10.7. The van der Waals surface area contributed by atoms with Crippen molar-refractivity contribution < 1.29 is 4.79 Å². The number of hydrogen-bond acceptors (Lipinski definition) is 4. The number of thiazole rings is 1. The molecular weight excluding hydrogens is 330 g/mol. The lowest BCUT2D eigenvalue weighted by Gasteiger charge is -2.24. The Morgan fingerprint density at radius 2 is 2.13 bits per heavy atom. The van der Waals surface area contributed by atoms with E-state index in [9.17, 15) is 4.79 Å². The average Bonchev–Trinajstić information content (AvgIpc) is 3.16. The minimum absolute atomic E-state index is 0. The summed E-state index contributed by atoms with van der Waals surface area (Å²) in [5.74, 6) is 0.554. The number of carbonyl (C=O) groups is 1. The van der Waals surface area contributed by atoms with Gasteiger partial charge >= 0.3 is 0 Å². The van der Waals surface area contributed by atoms with Gasteiger partial charge in [-0.05, 0) is 31.2 Å². The minimum atomic E-state index is 0. The van der Waals surface area contributed by atoms with Crippen LogP contribution in [0.25, 0.3) is 0 Å². The van der Waals surface area contributed by atoms with Crippen molar-refractivity contribution >= 4 is 29.7 Å². The van der Waals surface area contributed by atoms with E-state index >= 15 is 0 Å². The fourth-order valence-corrected chi connectivity index (χ4v) is 3.78. The van der Waals surface area contributed by atoms with Crippen LogP contribution in [0.15, 0.2) is 35.7 Å². The first-order chi connectivity index (χ1) is 10.7. The Bertz CT molecular complexity index is 646. The first-order valence-electron chi connectivity index (χ1n) is 7.68. The molecule has 6 heteroatoms. The van der Waals surface area contributed by atoms with Crippen LogP contribution < -0.4 is 5.73 Å². The highest BCUT2D eigenvalue weighted by Crippen LogP contribution is 2.29. The molecular formula is C17H22ClN3OS. The van der Waals surface area contributed by atoms with E-state index in [4.69, 9.17) is 5.73 Å². The molecule has 0 aliphatic carbocycles. The van der Waals surface area contributed by atoms with Gasteiger partial charge in [0, 0.05) is 24.5 Å². The van der Waals surface area contributed by atoms with Crippen LogP contribution in [0.2, 0.25) is 0 Å². The second-order valence-corrected chi connectivity index (χ2v) is 6.75. The molecule has 124 valence electrons. The van der Waals surface area contributed by atoms with Gasteiger partial charge in [0.2, 0.25) is 0 Å². The van der Waals surface area contributed by atoms with E-state index in [1.807, 2.05) is 16.3 Å². The van der Waals surface area contributed by atoms with Gasteiger partial charge in [-0.1, -0.05) is 30.3 Å². The van der Waals surface area contributed by atoms with E-state index in [0.29, 0.717) is 18.2 Å². The summed E-state index contributed by atoms with van der Waals surface area (Å²) in [7, 11) is 0. The molecule has 4 nitrogen and oxygen atoms in total. The lowest BCUT2D eigenvalue weighted by atomic mass is 9.93. The van der Waals surface area contributed by atoms with Gasteiger partial charge in [-0.15, -0.1) is 23.7 Å². The molecule has 1 saturated heterocycles. The Hall–Kier alpha value is -1.43. The van der Waals surface area contributed by atoms with Crippen molar-refractivity contribution in [1.82, 2.24) is 9.88 Å². The maximum absolute atomic E-state index is 12.6. The Labute approximate surface area is 147 Å². The Kier molecular flexibility index (Phi) is 6.16. The topological polar surface area (TPSA) is 59.2 Å². The van der Waals surface area contributed by atoms with E-state index in [2.05, 4.69) is 36.2 Å². The number of rotatable bonds is 4. The summed E-state index contributed by atoms with van der Waals surface area (Å²) in [5, 5.41) is 2.64. The van der Waals surface area contributed by atoms with Gasteiger partial charge in [0.25, 0.3) is 5.91 Å². The third-order valence-corrected chi connectivity index (χ3v) is 5.33. The van der Waals surface area contributed by atoms with E-state index < -0.39 is 0 Å². The number of nitrogens with zero attached hydrogens (tertiary/aromatic N) is 2. The third kappa shape index (κ3) is 3.91. The molecule has 2 unspecified atom stereocenters. The fraction of sp³-hybridized carbons (Fsp3) is 0.412. The SMILES string of the molecule is CC1C(Cc2ccccc2)CCN1C(=O)c1csc(CN)n1.Cl. The molecule has 0 spiro atoms. The molecule has 1 fully saturated rings. The van der Waals surface area contributed by atoms with E-state index in [0.717, 1.165) is 24.4 Å². The van der Waals surface area contributed by atoms with E-state index in [1.54, 1.807) is 0 Å². The van der Waals surface area contributed by atoms with Crippen molar-refractivity contribution in [2.45, 2.75) is 32.4 Å². The first-order valence-corrected chi connectivity index (χ1v) is 8.56. The Morgan fingerprint density at radius 3 is 2.78 bits per heavy atom. The van der Waals surface area contributed by atoms with Crippen molar-refractivity contribution in [2.75, 3.05) is 6.54 Å². The zero-order valence-electron chi connectivity index (χ0n) is 13.1. The first kappa shape index (κ1) is 17.9. The molecule has 1 aromatic carbocycles. The number of aromatic nitrogens is 1. The normalized spacial score (nSPS) is 20.3. The quantitative estimate of drug-likeness (QED) is 0.920. The van der Waals surface area contributed by atoms with Gasteiger partial charge in [-0.3, -0.25) is 4.79 Å². The maximum Gasteiger partial charge on any atom is 0.273 e. The maximum atomic E-state index is 12.6. The van der Waals surface area contributed by atoms with Gasteiger partial charge in [-0.25, -0.2) is 4.98 Å². The molecule has 0 bridgehead atoms. The molecule has 1 aliphatic rings. The van der Waals surface area contributed by atoms with Crippen molar-refractivity contribution in [1.29, 1.82) is 0 Å². The van der Waals surface area contributed by atoms with Crippen LogP contribution >= 0.6 is 23.7 Å². The standard InChI is InChI=1S/C17H21N3OS.ClH/c1-12-14(9-13-5-3-2-4-6-13)7-8-20(12)17(21)15-11-22-16(10-18)19-15;/h2-6,11-12,14H,7-10,18H2,1H3;1H. The molecule has 1 aliphatic heterocycles. The number of likely N-dealkylation sites (tertiary alicyclic amines) is 1. The molecule has 2 heterocycles. The van der Waals surface area contributed by atoms with Gasteiger partial charge in [0.05, 0.1) is 0 Å². The number of benzene rings is 1. The van der Waals surface area contributed by atoms with Crippen LogP contribution in [0, 0.1) is 5.92 Å². The molecule has 23 heavy (non-hydrogen) atoms. The van der Waals surface area contributed by atoms with Crippen LogP contribution in [0.4, 0.5) is 0 Å².